The first-order valence-corrected chi connectivity index (χ1v) is 3.60. The summed E-state index contributed by atoms with van der Waals surface area (Å²) in [5.74, 6) is 5.69. The molecule has 0 bridgehead atoms. The molecule has 4 N–H and O–H groups in total. The second-order valence-corrected chi connectivity index (χ2v) is 2.23. The fourth-order valence-corrected chi connectivity index (χ4v) is 0.805. The Kier molecular flexibility index (Phi) is 3.16. The van der Waals surface area contributed by atoms with Crippen LogP contribution in [0.5, 0.6) is 0 Å². The third kappa shape index (κ3) is 2.63. The topological polar surface area (TPSA) is 80.3 Å². The Bertz CT molecular complexity index is 233. The van der Waals surface area contributed by atoms with Gasteiger partial charge in [-0.2, -0.15) is 0 Å². The van der Waals surface area contributed by atoms with Gasteiger partial charge in [-0.25, -0.2) is 10.6 Å². The van der Waals surface area contributed by atoms with Crippen LogP contribution in [0.4, 0.5) is 4.79 Å². The highest BCUT2D eigenvalue weighted by Crippen LogP contribution is 1.98. The van der Waals surface area contributed by atoms with E-state index in [1.54, 1.807) is 12.3 Å². The molecule has 0 saturated carbocycles. The number of carbonyl (C=O) groups excluding carboxylic acids is 1. The third-order valence-electron chi connectivity index (χ3n) is 1.37. The molecule has 1 aromatic rings. The molecule has 12 heavy (non-hydrogen) atoms. The summed E-state index contributed by atoms with van der Waals surface area (Å²) in [5.41, 5.74) is 1.96. The number of hydrazine groups is 1. The van der Waals surface area contributed by atoms with Crippen LogP contribution >= 0.6 is 0 Å². The summed E-state index contributed by atoms with van der Waals surface area (Å²) in [7, 11) is 0. The summed E-state index contributed by atoms with van der Waals surface area (Å²) < 4.78 is 5.05. The molecule has 0 spiro atoms. The first-order valence-electron chi connectivity index (χ1n) is 3.60. The van der Waals surface area contributed by atoms with Crippen molar-refractivity contribution in [3.05, 3.63) is 24.2 Å². The van der Waals surface area contributed by atoms with Crippen LogP contribution in [0.1, 0.15) is 5.76 Å². The summed E-state index contributed by atoms with van der Waals surface area (Å²) in [6, 6.07) is 3.27. The molecule has 5 heteroatoms. The fraction of sp³-hybridized carbons (Fsp3) is 0.286. The van der Waals surface area contributed by atoms with E-state index in [0.29, 0.717) is 13.0 Å². The molecule has 0 radical (unpaired) electrons. The van der Waals surface area contributed by atoms with Crippen LogP contribution < -0.4 is 16.6 Å². The number of nitrogens with one attached hydrogen (secondary N) is 2. The zero-order chi connectivity index (χ0) is 8.81. The van der Waals surface area contributed by atoms with E-state index in [1.165, 1.54) is 0 Å². The lowest BCUT2D eigenvalue weighted by molar-refractivity contribution is 0.241. The van der Waals surface area contributed by atoms with Gasteiger partial charge >= 0.3 is 6.03 Å². The maximum Gasteiger partial charge on any atom is 0.328 e. The Morgan fingerprint density at radius 1 is 1.67 bits per heavy atom. The normalized spacial score (nSPS) is 9.42. The van der Waals surface area contributed by atoms with Gasteiger partial charge in [0.2, 0.25) is 0 Å². The first kappa shape index (κ1) is 8.61. The fourth-order valence-electron chi connectivity index (χ4n) is 0.805. The van der Waals surface area contributed by atoms with E-state index in [2.05, 4.69) is 5.32 Å². The van der Waals surface area contributed by atoms with E-state index in [-0.39, 0.29) is 6.03 Å². The molecule has 5 nitrogen and oxygen atoms in total. The van der Waals surface area contributed by atoms with Crippen molar-refractivity contribution in [1.29, 1.82) is 0 Å². The molecule has 0 aliphatic heterocycles. The van der Waals surface area contributed by atoms with Crippen molar-refractivity contribution in [3.8, 4) is 0 Å². The highest BCUT2D eigenvalue weighted by atomic mass is 16.3. The number of urea groups is 1. The predicted octanol–water partition coefficient (Wildman–Crippen LogP) is -0.00500. The molecule has 0 aliphatic carbocycles. The molecule has 0 saturated heterocycles. The second kappa shape index (κ2) is 4.40. The zero-order valence-electron chi connectivity index (χ0n) is 6.54. The standard InChI is InChI=1S/C7H11N3O2/c8-10-7(11)9-4-3-6-2-1-5-12-6/h1-2,5H,3-4,8H2,(H2,9,10,11). The van der Waals surface area contributed by atoms with Crippen LogP contribution in [0.25, 0.3) is 0 Å². The number of nitrogens with two attached hydrogens (primary N) is 1. The highest BCUT2D eigenvalue weighted by Gasteiger charge is 1.97. The Morgan fingerprint density at radius 2 is 2.50 bits per heavy atom. The van der Waals surface area contributed by atoms with Crippen molar-refractivity contribution in [2.24, 2.45) is 5.84 Å². The van der Waals surface area contributed by atoms with Crippen LogP contribution in [-0.2, 0) is 6.42 Å². The summed E-state index contributed by atoms with van der Waals surface area (Å²) >= 11 is 0. The average molecular weight is 169 g/mol. The molecule has 1 heterocycles. The summed E-state index contributed by atoms with van der Waals surface area (Å²) in [6.07, 6.45) is 2.26. The van der Waals surface area contributed by atoms with Crippen LogP contribution in [0.2, 0.25) is 0 Å². The van der Waals surface area contributed by atoms with Gasteiger partial charge in [0.15, 0.2) is 0 Å². The van der Waals surface area contributed by atoms with Gasteiger partial charge in [-0.05, 0) is 12.1 Å². The van der Waals surface area contributed by atoms with Crippen molar-refractivity contribution in [2.75, 3.05) is 6.54 Å². The number of carbonyl (C=O) groups is 1. The van der Waals surface area contributed by atoms with Crippen molar-refractivity contribution in [1.82, 2.24) is 10.7 Å². The first-order chi connectivity index (χ1) is 5.83. The van der Waals surface area contributed by atoms with Gasteiger partial charge < -0.3 is 9.73 Å². The molecule has 0 atom stereocenters. The Hall–Kier alpha value is -1.49. The SMILES string of the molecule is NNC(=O)NCCc1ccco1. The van der Waals surface area contributed by atoms with Gasteiger partial charge in [-0.1, -0.05) is 0 Å². The van der Waals surface area contributed by atoms with Gasteiger partial charge in [0, 0.05) is 13.0 Å². The van der Waals surface area contributed by atoms with Gasteiger partial charge in [-0.3, -0.25) is 5.43 Å². The minimum Gasteiger partial charge on any atom is -0.469 e. The molecule has 1 aromatic heterocycles. The summed E-state index contributed by atoms with van der Waals surface area (Å²) in [6.45, 7) is 0.510. The van der Waals surface area contributed by atoms with Crippen molar-refractivity contribution >= 4 is 6.03 Å². The van der Waals surface area contributed by atoms with Gasteiger partial charge in [-0.15, -0.1) is 0 Å². The van der Waals surface area contributed by atoms with E-state index in [9.17, 15) is 4.79 Å². The Balaban J connectivity index is 2.15. The highest BCUT2D eigenvalue weighted by molar-refractivity contribution is 5.72. The monoisotopic (exact) mass is 169 g/mol. The summed E-state index contributed by atoms with van der Waals surface area (Å²) in [5, 5.41) is 2.54. The maximum absolute atomic E-state index is 10.6. The van der Waals surface area contributed by atoms with Gasteiger partial charge in [0.1, 0.15) is 5.76 Å². The Morgan fingerprint density at radius 3 is 3.08 bits per heavy atom. The molecular weight excluding hydrogens is 158 g/mol. The third-order valence-corrected chi connectivity index (χ3v) is 1.37. The van der Waals surface area contributed by atoms with Gasteiger partial charge in [0.25, 0.3) is 0 Å². The summed E-state index contributed by atoms with van der Waals surface area (Å²) in [4.78, 5) is 10.6. The molecule has 0 unspecified atom stereocenters. The quantitative estimate of drug-likeness (QED) is 0.338. The van der Waals surface area contributed by atoms with E-state index in [0.717, 1.165) is 5.76 Å². The van der Waals surface area contributed by atoms with Crippen LogP contribution in [0.15, 0.2) is 22.8 Å². The molecule has 2 amide bonds. The van der Waals surface area contributed by atoms with E-state index >= 15 is 0 Å². The van der Waals surface area contributed by atoms with Crippen molar-refractivity contribution in [2.45, 2.75) is 6.42 Å². The number of hydrogen-bond donors (Lipinski definition) is 3. The zero-order valence-corrected chi connectivity index (χ0v) is 6.54. The van der Waals surface area contributed by atoms with E-state index in [1.807, 2.05) is 11.5 Å². The maximum atomic E-state index is 10.6. The van der Waals surface area contributed by atoms with Crippen LogP contribution in [0.3, 0.4) is 0 Å². The minimum atomic E-state index is -0.387. The lowest BCUT2D eigenvalue weighted by atomic mass is 10.3. The predicted molar refractivity (Wildman–Crippen MR) is 43.1 cm³/mol. The second-order valence-electron chi connectivity index (χ2n) is 2.23. The minimum absolute atomic E-state index is 0.387. The van der Waals surface area contributed by atoms with Crippen molar-refractivity contribution in [3.63, 3.8) is 0 Å². The number of rotatable bonds is 3. The smallest absolute Gasteiger partial charge is 0.328 e. The van der Waals surface area contributed by atoms with E-state index < -0.39 is 0 Å². The van der Waals surface area contributed by atoms with E-state index in [4.69, 9.17) is 10.3 Å². The molecule has 0 aliphatic rings. The number of hydrogen-bond acceptors (Lipinski definition) is 3. The van der Waals surface area contributed by atoms with Gasteiger partial charge in [0.05, 0.1) is 6.26 Å². The van der Waals surface area contributed by atoms with Crippen LogP contribution in [0, 0.1) is 0 Å². The molecule has 66 valence electrons. The molecule has 0 aromatic carbocycles. The number of furan rings is 1. The Labute approximate surface area is 69.9 Å². The lowest BCUT2D eigenvalue weighted by Gasteiger charge is -2.01. The average Bonchev–Trinajstić information content (AvgIpc) is 2.57. The molecular formula is C7H11N3O2. The molecule has 0 fully saturated rings. The van der Waals surface area contributed by atoms with Crippen LogP contribution in [-0.4, -0.2) is 12.6 Å². The largest absolute Gasteiger partial charge is 0.469 e. The lowest BCUT2D eigenvalue weighted by Crippen LogP contribution is -2.40. The number of amides is 2. The van der Waals surface area contributed by atoms with Crippen molar-refractivity contribution < 1.29 is 9.21 Å². The molecule has 1 rings (SSSR count).